The van der Waals surface area contributed by atoms with E-state index in [1.165, 1.54) is 18.2 Å². The van der Waals surface area contributed by atoms with Crippen LogP contribution in [0.15, 0.2) is 35.1 Å². The molecular formula is C34H41F2N5O5S. The van der Waals surface area contributed by atoms with Crippen LogP contribution >= 0.6 is 11.8 Å². The van der Waals surface area contributed by atoms with E-state index in [1.807, 2.05) is 4.90 Å². The minimum atomic E-state index is -0.618. The first-order valence-corrected chi connectivity index (χ1v) is 17.8. The fourth-order valence-electron chi connectivity index (χ4n) is 7.83. The molecule has 252 valence electrons. The molecule has 0 amide bonds. The highest BCUT2D eigenvalue weighted by atomic mass is 32.2. The Morgan fingerprint density at radius 3 is 2.49 bits per heavy atom. The summed E-state index contributed by atoms with van der Waals surface area (Å²) in [5, 5.41) is 11.4. The van der Waals surface area contributed by atoms with E-state index >= 15 is 0 Å². The highest BCUT2D eigenvalue weighted by Crippen LogP contribution is 2.52. The Hall–Kier alpha value is -3.29. The van der Waals surface area contributed by atoms with Gasteiger partial charge in [0, 0.05) is 55.8 Å². The van der Waals surface area contributed by atoms with E-state index in [0.717, 1.165) is 96.8 Å². The summed E-state index contributed by atoms with van der Waals surface area (Å²) in [5.41, 5.74) is 0.392. The number of aromatic amines is 1. The van der Waals surface area contributed by atoms with Gasteiger partial charge in [0.1, 0.15) is 22.8 Å². The van der Waals surface area contributed by atoms with E-state index in [-0.39, 0.29) is 11.1 Å². The van der Waals surface area contributed by atoms with Crippen molar-refractivity contribution in [1.82, 2.24) is 14.9 Å². The number of nitro groups is 1. The van der Waals surface area contributed by atoms with Gasteiger partial charge in [0.25, 0.3) is 11.2 Å². The maximum absolute atomic E-state index is 15.0. The second-order valence-corrected chi connectivity index (χ2v) is 15.0. The first-order chi connectivity index (χ1) is 22.7. The third kappa shape index (κ3) is 7.12. The van der Waals surface area contributed by atoms with Crippen LogP contribution in [0, 0.1) is 33.1 Å². The maximum Gasteiger partial charge on any atom is 0.272 e. The molecule has 3 aromatic rings. The lowest BCUT2D eigenvalue weighted by Gasteiger charge is -2.56. The number of benzene rings is 2. The summed E-state index contributed by atoms with van der Waals surface area (Å²) in [5.74, 6) is 0.731. The van der Waals surface area contributed by atoms with Gasteiger partial charge in [0.15, 0.2) is 5.82 Å². The lowest BCUT2D eigenvalue weighted by molar-refractivity contribution is -0.385. The second-order valence-electron chi connectivity index (χ2n) is 13.7. The molecule has 47 heavy (non-hydrogen) atoms. The molecule has 1 saturated carbocycles. The van der Waals surface area contributed by atoms with Gasteiger partial charge in [-0.15, -0.1) is 0 Å². The number of ether oxygens (including phenoxy) is 2. The SMILES string of the molecule is O=c1[nH]c(CSC2CCOCC2)nc2cc(OCC3CCN(C4CC5(CCN(c6ccc([N+](=O)[O-])cc6F)CC5)C4)CC3)cc(F)c12. The van der Waals surface area contributed by atoms with E-state index in [2.05, 4.69) is 14.9 Å². The Labute approximate surface area is 276 Å². The quantitative estimate of drug-likeness (QED) is 0.215. The predicted molar refractivity (Wildman–Crippen MR) is 177 cm³/mol. The molecule has 2 aromatic carbocycles. The van der Waals surface area contributed by atoms with E-state index in [4.69, 9.17) is 9.47 Å². The van der Waals surface area contributed by atoms with Crippen molar-refractivity contribution >= 4 is 34.0 Å². The van der Waals surface area contributed by atoms with Crippen LogP contribution in [0.1, 0.15) is 57.2 Å². The van der Waals surface area contributed by atoms with Crippen molar-refractivity contribution in [2.75, 3.05) is 50.9 Å². The Morgan fingerprint density at radius 2 is 1.79 bits per heavy atom. The van der Waals surface area contributed by atoms with Gasteiger partial charge in [0.05, 0.1) is 34.6 Å². The molecule has 0 unspecified atom stereocenters. The fraction of sp³-hybridized carbons (Fsp3) is 0.588. The maximum atomic E-state index is 15.0. The molecule has 1 N–H and O–H groups in total. The molecule has 7 rings (SSSR count). The van der Waals surface area contributed by atoms with Crippen molar-refractivity contribution in [3.63, 3.8) is 0 Å². The number of halogens is 2. The van der Waals surface area contributed by atoms with E-state index < -0.39 is 22.1 Å². The fourth-order valence-corrected chi connectivity index (χ4v) is 8.89. The highest BCUT2D eigenvalue weighted by molar-refractivity contribution is 7.99. The molecule has 4 fully saturated rings. The number of anilines is 1. The lowest BCUT2D eigenvalue weighted by atomic mass is 9.59. The Morgan fingerprint density at radius 1 is 1.04 bits per heavy atom. The molecule has 4 heterocycles. The minimum Gasteiger partial charge on any atom is -0.493 e. The van der Waals surface area contributed by atoms with Crippen LogP contribution in [0.4, 0.5) is 20.2 Å². The number of nitrogens with zero attached hydrogens (tertiary/aromatic N) is 4. The zero-order valence-corrected chi connectivity index (χ0v) is 27.2. The average Bonchev–Trinajstić information content (AvgIpc) is 3.06. The number of fused-ring (bicyclic) bond motifs is 1. The number of non-ortho nitro benzene ring substituents is 1. The summed E-state index contributed by atoms with van der Waals surface area (Å²) in [6.45, 7) is 5.54. The van der Waals surface area contributed by atoms with Crippen molar-refractivity contribution in [1.29, 1.82) is 0 Å². The van der Waals surface area contributed by atoms with Crippen molar-refractivity contribution in [3.05, 3.63) is 68.3 Å². The molecular weight excluding hydrogens is 628 g/mol. The summed E-state index contributed by atoms with van der Waals surface area (Å²) in [6.07, 6.45) is 8.30. The number of nitro benzene ring substituents is 1. The number of nitrogens with one attached hydrogen (secondary N) is 1. The Balaban J connectivity index is 0.870. The number of thioether (sulfide) groups is 1. The van der Waals surface area contributed by atoms with Crippen LogP contribution in [0.25, 0.3) is 10.9 Å². The third-order valence-electron chi connectivity index (χ3n) is 10.7. The number of hydrogen-bond acceptors (Lipinski definition) is 9. The predicted octanol–water partition coefficient (Wildman–Crippen LogP) is 6.06. The van der Waals surface area contributed by atoms with Crippen LogP contribution in [-0.4, -0.2) is 77.1 Å². The van der Waals surface area contributed by atoms with Crippen LogP contribution in [0.3, 0.4) is 0 Å². The normalized spacial score (nSPS) is 21.3. The summed E-state index contributed by atoms with van der Waals surface area (Å²) in [6, 6.07) is 7.46. The molecule has 0 bridgehead atoms. The Bertz CT molecular complexity index is 1660. The standard InChI is InChI=1S/C34H41F2N5O5S/c35-27-15-23(41(43)44)1-2-30(27)40-11-7-34(8-12-40)18-24(19-34)39-9-3-22(4-10-39)20-46-25-16-28(36)32-29(17-25)37-31(38-33(32)42)21-47-26-5-13-45-14-6-26/h1-2,15-17,22,24,26H,3-14,18-21H2,(H,37,38,42). The van der Waals surface area contributed by atoms with E-state index in [0.29, 0.717) is 57.8 Å². The summed E-state index contributed by atoms with van der Waals surface area (Å²) in [4.78, 5) is 35.0. The molecule has 1 aliphatic carbocycles. The van der Waals surface area contributed by atoms with Gasteiger partial charge in [0.2, 0.25) is 0 Å². The summed E-state index contributed by atoms with van der Waals surface area (Å²) in [7, 11) is 0. The van der Waals surface area contributed by atoms with E-state index in [1.54, 1.807) is 17.8 Å². The molecule has 3 saturated heterocycles. The number of likely N-dealkylation sites (tertiary alicyclic amines) is 1. The number of hydrogen-bond donors (Lipinski definition) is 1. The lowest BCUT2D eigenvalue weighted by Crippen LogP contribution is -2.56. The third-order valence-corrected chi connectivity index (χ3v) is 12.1. The van der Waals surface area contributed by atoms with Crippen molar-refractivity contribution in [2.45, 2.75) is 68.4 Å². The molecule has 0 atom stereocenters. The molecule has 0 radical (unpaired) electrons. The van der Waals surface area contributed by atoms with Crippen LogP contribution in [-0.2, 0) is 10.5 Å². The van der Waals surface area contributed by atoms with E-state index in [9.17, 15) is 23.7 Å². The number of rotatable bonds is 9. The molecule has 3 aliphatic heterocycles. The van der Waals surface area contributed by atoms with Crippen molar-refractivity contribution in [3.8, 4) is 5.75 Å². The summed E-state index contributed by atoms with van der Waals surface area (Å²) >= 11 is 1.75. The number of H-pyrrole nitrogens is 1. The second kappa shape index (κ2) is 13.7. The molecule has 1 spiro atoms. The van der Waals surface area contributed by atoms with Crippen LogP contribution in [0.2, 0.25) is 0 Å². The monoisotopic (exact) mass is 669 g/mol. The number of aromatic nitrogens is 2. The zero-order chi connectivity index (χ0) is 32.5. The van der Waals surface area contributed by atoms with Gasteiger partial charge in [-0.05, 0) is 81.9 Å². The topological polar surface area (TPSA) is 114 Å². The zero-order valence-electron chi connectivity index (χ0n) is 26.4. The molecule has 4 aliphatic rings. The van der Waals surface area contributed by atoms with Gasteiger partial charge in [-0.1, -0.05) is 0 Å². The molecule has 1 aromatic heterocycles. The van der Waals surface area contributed by atoms with Gasteiger partial charge in [-0.25, -0.2) is 13.8 Å². The first-order valence-electron chi connectivity index (χ1n) is 16.7. The Kier molecular flexibility index (Phi) is 9.39. The van der Waals surface area contributed by atoms with Crippen molar-refractivity contribution < 1.29 is 23.2 Å². The van der Waals surface area contributed by atoms with Gasteiger partial charge in [-0.2, -0.15) is 11.8 Å². The first kappa shape index (κ1) is 32.3. The van der Waals surface area contributed by atoms with Crippen LogP contribution < -0.4 is 15.2 Å². The van der Waals surface area contributed by atoms with Gasteiger partial charge >= 0.3 is 0 Å². The summed E-state index contributed by atoms with van der Waals surface area (Å²) < 4.78 is 41.0. The number of piperidine rings is 2. The average molecular weight is 670 g/mol. The van der Waals surface area contributed by atoms with Gasteiger partial charge in [-0.3, -0.25) is 14.9 Å². The largest absolute Gasteiger partial charge is 0.493 e. The van der Waals surface area contributed by atoms with Crippen molar-refractivity contribution in [2.24, 2.45) is 11.3 Å². The molecule has 10 nitrogen and oxygen atoms in total. The van der Waals surface area contributed by atoms with Gasteiger partial charge < -0.3 is 24.3 Å². The smallest absolute Gasteiger partial charge is 0.272 e. The van der Waals surface area contributed by atoms with Crippen LogP contribution in [0.5, 0.6) is 5.75 Å². The highest BCUT2D eigenvalue weighted by Gasteiger charge is 2.48. The molecule has 13 heteroatoms. The minimum absolute atomic E-state index is 0.0343.